The van der Waals surface area contributed by atoms with Gasteiger partial charge in [-0.3, -0.25) is 4.79 Å². The zero-order valence-electron chi connectivity index (χ0n) is 16.7. The van der Waals surface area contributed by atoms with Crippen molar-refractivity contribution < 1.29 is 19.0 Å². The Labute approximate surface area is 165 Å². The monoisotopic (exact) mass is 385 g/mol. The standard InChI is InChI=1S/C21H27N3O4/c1-12(2)7-15(22)11-27-18-6-5-16-17-8-19(24-13(3)25)23-9-14(17)10-28-20(16)21(18)26-4/h5-6,8-9,12,15H,7,10-11,22H2,1-4H3,(H,23,24,25)/t15-/m0/s1. The zero-order chi connectivity index (χ0) is 20.3. The summed E-state index contributed by atoms with van der Waals surface area (Å²) in [6.45, 7) is 6.49. The van der Waals surface area contributed by atoms with Crippen LogP contribution < -0.4 is 25.3 Å². The highest BCUT2D eigenvalue weighted by Crippen LogP contribution is 2.48. The van der Waals surface area contributed by atoms with Crippen molar-refractivity contribution in [2.45, 2.75) is 39.8 Å². The summed E-state index contributed by atoms with van der Waals surface area (Å²) in [6.07, 6.45) is 2.60. The molecule has 3 rings (SSSR count). The Morgan fingerprint density at radius 2 is 2.14 bits per heavy atom. The van der Waals surface area contributed by atoms with Crippen LogP contribution in [0.2, 0.25) is 0 Å². The Hall–Kier alpha value is -2.80. The second kappa shape index (κ2) is 8.48. The first-order chi connectivity index (χ1) is 13.4. The molecule has 1 aromatic heterocycles. The largest absolute Gasteiger partial charge is 0.490 e. The maximum Gasteiger partial charge on any atom is 0.222 e. The molecule has 2 heterocycles. The van der Waals surface area contributed by atoms with Crippen molar-refractivity contribution in [3.63, 3.8) is 0 Å². The van der Waals surface area contributed by atoms with E-state index in [4.69, 9.17) is 19.9 Å². The molecule has 0 radical (unpaired) electrons. The number of aromatic nitrogens is 1. The van der Waals surface area contributed by atoms with Gasteiger partial charge in [0.25, 0.3) is 0 Å². The van der Waals surface area contributed by atoms with Crippen LogP contribution in [0.25, 0.3) is 11.1 Å². The quantitative estimate of drug-likeness (QED) is 0.759. The van der Waals surface area contributed by atoms with Crippen LogP contribution >= 0.6 is 0 Å². The second-order valence-corrected chi connectivity index (χ2v) is 7.37. The number of nitrogens with one attached hydrogen (secondary N) is 1. The van der Waals surface area contributed by atoms with Gasteiger partial charge in [0.05, 0.1) is 7.11 Å². The van der Waals surface area contributed by atoms with Gasteiger partial charge in [0.2, 0.25) is 11.7 Å². The molecule has 2 aromatic rings. The van der Waals surface area contributed by atoms with Crippen molar-refractivity contribution in [2.24, 2.45) is 11.7 Å². The van der Waals surface area contributed by atoms with E-state index in [9.17, 15) is 4.79 Å². The Morgan fingerprint density at radius 3 is 2.82 bits per heavy atom. The molecular weight excluding hydrogens is 358 g/mol. The lowest BCUT2D eigenvalue weighted by Gasteiger charge is -2.24. The molecule has 7 heteroatoms. The highest BCUT2D eigenvalue weighted by molar-refractivity contribution is 5.89. The molecular formula is C21H27N3O4. The molecule has 1 aliphatic heterocycles. The van der Waals surface area contributed by atoms with Crippen LogP contribution in [-0.2, 0) is 11.4 Å². The van der Waals surface area contributed by atoms with Gasteiger partial charge in [0.15, 0.2) is 11.5 Å². The van der Waals surface area contributed by atoms with Crippen molar-refractivity contribution in [1.29, 1.82) is 0 Å². The van der Waals surface area contributed by atoms with Crippen molar-refractivity contribution in [3.8, 4) is 28.4 Å². The van der Waals surface area contributed by atoms with Gasteiger partial charge in [-0.15, -0.1) is 0 Å². The lowest BCUT2D eigenvalue weighted by atomic mass is 9.98. The molecule has 28 heavy (non-hydrogen) atoms. The number of nitrogens with zero attached hydrogens (tertiary/aromatic N) is 1. The third kappa shape index (κ3) is 4.36. The lowest BCUT2D eigenvalue weighted by Crippen LogP contribution is -2.29. The fourth-order valence-corrected chi connectivity index (χ4v) is 3.33. The van der Waals surface area contributed by atoms with E-state index in [0.717, 1.165) is 23.1 Å². The Bertz CT molecular complexity index is 867. The fourth-order valence-electron chi connectivity index (χ4n) is 3.33. The molecule has 0 unspecified atom stereocenters. The topological polar surface area (TPSA) is 95.7 Å². The van der Waals surface area contributed by atoms with Crippen LogP contribution in [0.15, 0.2) is 24.4 Å². The smallest absolute Gasteiger partial charge is 0.222 e. The molecule has 0 bridgehead atoms. The second-order valence-electron chi connectivity index (χ2n) is 7.37. The van der Waals surface area contributed by atoms with E-state index in [1.807, 2.05) is 18.2 Å². The predicted molar refractivity (Wildman–Crippen MR) is 108 cm³/mol. The summed E-state index contributed by atoms with van der Waals surface area (Å²) in [5, 5.41) is 2.71. The summed E-state index contributed by atoms with van der Waals surface area (Å²) >= 11 is 0. The number of ether oxygens (including phenoxy) is 3. The van der Waals surface area contributed by atoms with Gasteiger partial charge in [0.1, 0.15) is 19.0 Å². The Morgan fingerprint density at radius 1 is 1.36 bits per heavy atom. The molecule has 1 aromatic carbocycles. The number of pyridine rings is 1. The average molecular weight is 385 g/mol. The summed E-state index contributed by atoms with van der Waals surface area (Å²) in [7, 11) is 1.59. The molecule has 0 saturated heterocycles. The van der Waals surface area contributed by atoms with Gasteiger partial charge < -0.3 is 25.3 Å². The van der Waals surface area contributed by atoms with Crippen molar-refractivity contribution in [3.05, 3.63) is 30.0 Å². The van der Waals surface area contributed by atoms with Crippen LogP contribution in [0, 0.1) is 5.92 Å². The number of hydrogen-bond acceptors (Lipinski definition) is 6. The van der Waals surface area contributed by atoms with E-state index in [1.54, 1.807) is 13.3 Å². The number of carbonyl (C=O) groups excluding carboxylic acids is 1. The maximum absolute atomic E-state index is 11.3. The van der Waals surface area contributed by atoms with Crippen LogP contribution in [0.5, 0.6) is 17.2 Å². The van der Waals surface area contributed by atoms with Gasteiger partial charge in [-0.05, 0) is 36.1 Å². The van der Waals surface area contributed by atoms with E-state index in [0.29, 0.717) is 42.2 Å². The number of nitrogens with two attached hydrogens (primary N) is 1. The third-order valence-electron chi connectivity index (χ3n) is 4.46. The van der Waals surface area contributed by atoms with E-state index in [2.05, 4.69) is 24.1 Å². The number of benzene rings is 1. The summed E-state index contributed by atoms with van der Waals surface area (Å²) in [5.41, 5.74) is 8.89. The van der Waals surface area contributed by atoms with Gasteiger partial charge in [-0.25, -0.2) is 4.98 Å². The van der Waals surface area contributed by atoms with E-state index in [-0.39, 0.29) is 11.9 Å². The number of hydrogen-bond donors (Lipinski definition) is 2. The number of fused-ring (bicyclic) bond motifs is 3. The van der Waals surface area contributed by atoms with Crippen LogP contribution in [0.4, 0.5) is 5.82 Å². The number of methoxy groups -OCH3 is 1. The predicted octanol–water partition coefficient (Wildman–Crippen LogP) is 3.36. The molecule has 1 amide bonds. The normalized spacial score (nSPS) is 13.2. The molecule has 0 spiro atoms. The fraction of sp³-hybridized carbons (Fsp3) is 0.429. The summed E-state index contributed by atoms with van der Waals surface area (Å²) in [4.78, 5) is 15.6. The van der Waals surface area contributed by atoms with Crippen molar-refractivity contribution in [1.82, 2.24) is 4.98 Å². The van der Waals surface area contributed by atoms with E-state index >= 15 is 0 Å². The SMILES string of the molecule is COc1c(OC[C@@H](N)CC(C)C)ccc2c1OCc1cnc(NC(C)=O)cc1-2. The lowest BCUT2D eigenvalue weighted by molar-refractivity contribution is -0.114. The molecule has 0 fully saturated rings. The molecule has 1 aliphatic rings. The summed E-state index contributed by atoms with van der Waals surface area (Å²) < 4.78 is 17.5. The first-order valence-electron chi connectivity index (χ1n) is 9.38. The minimum absolute atomic E-state index is 0.0475. The maximum atomic E-state index is 11.3. The molecule has 150 valence electrons. The molecule has 7 nitrogen and oxygen atoms in total. The highest BCUT2D eigenvalue weighted by atomic mass is 16.5. The van der Waals surface area contributed by atoms with Crippen LogP contribution in [-0.4, -0.2) is 30.6 Å². The van der Waals surface area contributed by atoms with Crippen LogP contribution in [0.3, 0.4) is 0 Å². The summed E-state index contributed by atoms with van der Waals surface area (Å²) in [6, 6.07) is 5.58. The number of rotatable bonds is 7. The minimum Gasteiger partial charge on any atom is -0.490 e. The van der Waals surface area contributed by atoms with Gasteiger partial charge in [-0.1, -0.05) is 13.8 Å². The summed E-state index contributed by atoms with van der Waals surface area (Å²) in [5.74, 6) is 2.59. The number of carbonyl (C=O) groups is 1. The van der Waals surface area contributed by atoms with Gasteiger partial charge >= 0.3 is 0 Å². The van der Waals surface area contributed by atoms with Gasteiger partial charge in [-0.2, -0.15) is 0 Å². The van der Waals surface area contributed by atoms with Crippen molar-refractivity contribution in [2.75, 3.05) is 19.0 Å². The van der Waals surface area contributed by atoms with Crippen molar-refractivity contribution >= 4 is 11.7 Å². The number of amides is 1. The Kier molecular flexibility index (Phi) is 6.04. The van der Waals surface area contributed by atoms with E-state index in [1.165, 1.54) is 6.92 Å². The minimum atomic E-state index is -0.168. The zero-order valence-corrected chi connectivity index (χ0v) is 16.7. The third-order valence-corrected chi connectivity index (χ3v) is 4.46. The molecule has 3 N–H and O–H groups in total. The molecule has 0 aliphatic carbocycles. The van der Waals surface area contributed by atoms with Gasteiger partial charge in [0, 0.05) is 30.3 Å². The highest BCUT2D eigenvalue weighted by Gasteiger charge is 2.25. The Balaban J connectivity index is 1.90. The molecule has 1 atom stereocenters. The first-order valence-corrected chi connectivity index (χ1v) is 9.38. The molecule has 0 saturated carbocycles. The van der Waals surface area contributed by atoms with Crippen LogP contribution in [0.1, 0.15) is 32.8 Å². The number of anilines is 1. The van der Waals surface area contributed by atoms with E-state index < -0.39 is 0 Å². The average Bonchev–Trinajstić information content (AvgIpc) is 2.64. The first kappa shape index (κ1) is 19.9.